The molecular formula is C27H31N3O4S. The highest BCUT2D eigenvalue weighted by molar-refractivity contribution is 7.92. The first-order valence-corrected chi connectivity index (χ1v) is 13.3. The topological polar surface area (TPSA) is 87.7 Å². The number of nitrogens with one attached hydrogen (secondary N) is 2. The molecule has 1 heterocycles. The van der Waals surface area contributed by atoms with Gasteiger partial charge in [-0.25, -0.2) is 8.42 Å². The Morgan fingerprint density at radius 1 is 1.00 bits per heavy atom. The Morgan fingerprint density at radius 3 is 2.43 bits per heavy atom. The minimum atomic E-state index is -3.82. The van der Waals surface area contributed by atoms with E-state index >= 15 is 0 Å². The highest BCUT2D eigenvalue weighted by atomic mass is 32.2. The number of hydrogen-bond donors (Lipinski definition) is 2. The number of carbonyl (C=O) groups excluding carboxylic acids is 1. The number of nitrogens with zero attached hydrogens (tertiary/aromatic N) is 1. The van der Waals surface area contributed by atoms with Gasteiger partial charge in [-0.15, -0.1) is 0 Å². The summed E-state index contributed by atoms with van der Waals surface area (Å²) in [5, 5.41) is 2.92. The first-order chi connectivity index (χ1) is 16.9. The van der Waals surface area contributed by atoms with Crippen molar-refractivity contribution in [1.29, 1.82) is 0 Å². The van der Waals surface area contributed by atoms with Crippen LogP contribution in [0.2, 0.25) is 0 Å². The van der Waals surface area contributed by atoms with Gasteiger partial charge in [-0.1, -0.05) is 35.9 Å². The summed E-state index contributed by atoms with van der Waals surface area (Å²) in [6.45, 7) is 6.35. The second kappa shape index (κ2) is 10.8. The standard InChI is InChI=1S/C27H31N3O4S/c1-3-34-26-9-5-4-8-22(26)19-28-27(31)21-12-15-25(30-16-6-7-17-30)24(18-21)29-35(32,33)23-13-10-20(2)11-14-23/h4-5,8-15,18,29H,3,6-7,16-17,19H2,1-2H3,(H,28,31). The number of sulfonamides is 1. The van der Waals surface area contributed by atoms with E-state index in [0.29, 0.717) is 24.4 Å². The van der Waals surface area contributed by atoms with E-state index in [4.69, 9.17) is 4.74 Å². The molecule has 0 atom stereocenters. The van der Waals surface area contributed by atoms with Gasteiger partial charge in [0.25, 0.3) is 15.9 Å². The maximum atomic E-state index is 13.1. The van der Waals surface area contributed by atoms with Crippen molar-refractivity contribution >= 4 is 27.3 Å². The van der Waals surface area contributed by atoms with Crippen molar-refractivity contribution in [3.05, 3.63) is 83.4 Å². The summed E-state index contributed by atoms with van der Waals surface area (Å²) in [6.07, 6.45) is 2.09. The molecule has 8 heteroatoms. The molecule has 35 heavy (non-hydrogen) atoms. The number of ether oxygens (including phenoxy) is 1. The lowest BCUT2D eigenvalue weighted by Gasteiger charge is -2.23. The zero-order valence-corrected chi connectivity index (χ0v) is 20.9. The van der Waals surface area contributed by atoms with Crippen LogP contribution in [-0.4, -0.2) is 34.0 Å². The summed E-state index contributed by atoms with van der Waals surface area (Å²) in [4.78, 5) is 15.3. The van der Waals surface area contributed by atoms with E-state index in [2.05, 4.69) is 14.9 Å². The average Bonchev–Trinajstić information content (AvgIpc) is 3.38. The van der Waals surface area contributed by atoms with Gasteiger partial charge in [-0.05, 0) is 63.1 Å². The third kappa shape index (κ3) is 5.95. The van der Waals surface area contributed by atoms with Gasteiger partial charge in [-0.2, -0.15) is 0 Å². The van der Waals surface area contributed by atoms with Crippen LogP contribution < -0.4 is 19.7 Å². The predicted molar refractivity (Wildman–Crippen MR) is 139 cm³/mol. The Kier molecular flexibility index (Phi) is 7.60. The van der Waals surface area contributed by atoms with Crippen LogP contribution in [0.1, 0.15) is 41.3 Å². The molecule has 0 aliphatic carbocycles. The third-order valence-electron chi connectivity index (χ3n) is 5.99. The number of rotatable bonds is 9. The molecule has 1 saturated heterocycles. The lowest BCUT2D eigenvalue weighted by molar-refractivity contribution is 0.0950. The number of amides is 1. The van der Waals surface area contributed by atoms with Gasteiger partial charge in [0.05, 0.1) is 22.9 Å². The molecule has 0 saturated carbocycles. The van der Waals surface area contributed by atoms with Crippen LogP contribution >= 0.6 is 0 Å². The number of para-hydroxylation sites is 1. The first-order valence-electron chi connectivity index (χ1n) is 11.8. The molecule has 0 aromatic heterocycles. The van der Waals surface area contributed by atoms with Gasteiger partial charge in [0, 0.05) is 30.8 Å². The molecule has 1 fully saturated rings. The van der Waals surface area contributed by atoms with E-state index in [-0.39, 0.29) is 10.8 Å². The van der Waals surface area contributed by atoms with E-state index in [1.807, 2.05) is 44.2 Å². The molecule has 3 aromatic carbocycles. The molecule has 3 aromatic rings. The number of anilines is 2. The van der Waals surface area contributed by atoms with Crippen LogP contribution in [0.5, 0.6) is 5.75 Å². The van der Waals surface area contributed by atoms with Crippen LogP contribution in [0, 0.1) is 6.92 Å². The summed E-state index contributed by atoms with van der Waals surface area (Å²) in [5.74, 6) is 0.436. The van der Waals surface area contributed by atoms with Gasteiger partial charge in [0.1, 0.15) is 5.75 Å². The fourth-order valence-electron chi connectivity index (χ4n) is 4.14. The van der Waals surface area contributed by atoms with Crippen molar-refractivity contribution in [3.63, 3.8) is 0 Å². The SMILES string of the molecule is CCOc1ccccc1CNC(=O)c1ccc(N2CCCC2)c(NS(=O)(=O)c2ccc(C)cc2)c1. The van der Waals surface area contributed by atoms with Crippen molar-refractivity contribution in [2.24, 2.45) is 0 Å². The van der Waals surface area contributed by atoms with Crippen LogP contribution in [0.3, 0.4) is 0 Å². The van der Waals surface area contributed by atoms with Gasteiger partial charge in [-0.3, -0.25) is 9.52 Å². The molecule has 184 valence electrons. The summed E-state index contributed by atoms with van der Waals surface area (Å²) in [5.41, 5.74) is 3.40. The highest BCUT2D eigenvalue weighted by Crippen LogP contribution is 2.32. The lowest BCUT2D eigenvalue weighted by atomic mass is 10.1. The molecule has 4 rings (SSSR count). The van der Waals surface area contributed by atoms with Gasteiger partial charge >= 0.3 is 0 Å². The minimum absolute atomic E-state index is 0.179. The zero-order valence-electron chi connectivity index (χ0n) is 20.1. The molecule has 0 bridgehead atoms. The fourth-order valence-corrected chi connectivity index (χ4v) is 5.20. The van der Waals surface area contributed by atoms with Gasteiger partial charge in [0.15, 0.2) is 0 Å². The number of hydrogen-bond acceptors (Lipinski definition) is 5. The second-order valence-corrected chi connectivity index (χ2v) is 10.3. The van der Waals surface area contributed by atoms with Crippen LogP contribution in [0.4, 0.5) is 11.4 Å². The molecule has 2 N–H and O–H groups in total. The lowest BCUT2D eigenvalue weighted by Crippen LogP contribution is -2.25. The quantitative estimate of drug-likeness (QED) is 0.450. The summed E-state index contributed by atoms with van der Waals surface area (Å²) in [6, 6.07) is 19.4. The number of benzene rings is 3. The maximum absolute atomic E-state index is 13.1. The summed E-state index contributed by atoms with van der Waals surface area (Å²) >= 11 is 0. The first kappa shape index (κ1) is 24.6. The van der Waals surface area contributed by atoms with Crippen LogP contribution in [0.15, 0.2) is 71.6 Å². The van der Waals surface area contributed by atoms with E-state index < -0.39 is 10.0 Å². The van der Waals surface area contributed by atoms with Crippen LogP contribution in [-0.2, 0) is 16.6 Å². The zero-order chi connectivity index (χ0) is 24.8. The van der Waals surface area contributed by atoms with Gasteiger partial charge < -0.3 is 15.0 Å². The molecule has 7 nitrogen and oxygen atoms in total. The average molecular weight is 494 g/mol. The fraction of sp³-hybridized carbons (Fsp3) is 0.296. The second-order valence-electron chi connectivity index (χ2n) is 8.57. The molecule has 0 radical (unpaired) electrons. The maximum Gasteiger partial charge on any atom is 0.261 e. The summed E-state index contributed by atoms with van der Waals surface area (Å²) < 4.78 is 34.6. The molecular weight excluding hydrogens is 462 g/mol. The van der Waals surface area contributed by atoms with Gasteiger partial charge in [0.2, 0.25) is 0 Å². The monoisotopic (exact) mass is 493 g/mol. The van der Waals surface area contributed by atoms with Crippen molar-refractivity contribution in [1.82, 2.24) is 5.32 Å². The van der Waals surface area contributed by atoms with E-state index in [0.717, 1.165) is 48.5 Å². The molecule has 1 amide bonds. The Hall–Kier alpha value is -3.52. The van der Waals surface area contributed by atoms with Crippen molar-refractivity contribution in [2.45, 2.75) is 38.1 Å². The van der Waals surface area contributed by atoms with E-state index in [1.54, 1.807) is 36.4 Å². The smallest absolute Gasteiger partial charge is 0.261 e. The molecule has 1 aliphatic heterocycles. The van der Waals surface area contributed by atoms with Crippen LogP contribution in [0.25, 0.3) is 0 Å². The molecule has 1 aliphatic rings. The van der Waals surface area contributed by atoms with E-state index in [9.17, 15) is 13.2 Å². The Balaban J connectivity index is 1.59. The minimum Gasteiger partial charge on any atom is -0.494 e. The summed E-state index contributed by atoms with van der Waals surface area (Å²) in [7, 11) is -3.82. The van der Waals surface area contributed by atoms with E-state index in [1.165, 1.54) is 0 Å². The molecule has 0 unspecified atom stereocenters. The van der Waals surface area contributed by atoms with Crippen molar-refractivity contribution in [2.75, 3.05) is 29.3 Å². The Morgan fingerprint density at radius 2 is 1.71 bits per heavy atom. The Labute approximate surface area is 207 Å². The number of carbonyl (C=O) groups is 1. The largest absolute Gasteiger partial charge is 0.494 e. The normalized spacial score (nSPS) is 13.5. The third-order valence-corrected chi connectivity index (χ3v) is 7.37. The predicted octanol–water partition coefficient (Wildman–Crippen LogP) is 4.72. The van der Waals surface area contributed by atoms with Crippen molar-refractivity contribution in [3.8, 4) is 5.75 Å². The van der Waals surface area contributed by atoms with Crippen molar-refractivity contribution < 1.29 is 17.9 Å². The number of aryl methyl sites for hydroxylation is 1. The Bertz CT molecular complexity index is 1280. The molecule has 0 spiro atoms. The highest BCUT2D eigenvalue weighted by Gasteiger charge is 2.22.